The van der Waals surface area contributed by atoms with Crippen LogP contribution in [0.2, 0.25) is 0 Å². The standard InChI is InChI=1S/C26H42N4O8S2/c1-3-15-37-39-19-17-23(33)29(25(19)35)13-9-21(31)27-11-7-5-6-8-12-28-22(32)10-14-30-24(34)18-20(26(30)36)40-38-16-4-2/h19-20H,3-18H2,1-2H3,(H,27,31)(H,28,32). The van der Waals surface area contributed by atoms with Gasteiger partial charge in [-0.1, -0.05) is 26.7 Å². The number of carbonyl (C=O) groups is 6. The van der Waals surface area contributed by atoms with E-state index in [2.05, 4.69) is 10.6 Å². The zero-order valence-electron chi connectivity index (χ0n) is 23.4. The quantitative estimate of drug-likeness (QED) is 0.113. The van der Waals surface area contributed by atoms with Crippen molar-refractivity contribution in [1.82, 2.24) is 20.4 Å². The Bertz CT molecular complexity index is 821. The van der Waals surface area contributed by atoms with E-state index in [1.807, 2.05) is 13.8 Å². The molecule has 0 aromatic carbocycles. The van der Waals surface area contributed by atoms with Crippen molar-refractivity contribution < 1.29 is 37.1 Å². The first-order valence-electron chi connectivity index (χ1n) is 14.1. The molecule has 2 aliphatic heterocycles. The molecule has 2 saturated heterocycles. The van der Waals surface area contributed by atoms with E-state index in [1.165, 1.54) is 0 Å². The summed E-state index contributed by atoms with van der Waals surface area (Å²) >= 11 is 2.06. The first-order chi connectivity index (χ1) is 19.3. The zero-order valence-corrected chi connectivity index (χ0v) is 25.1. The minimum atomic E-state index is -0.534. The molecular formula is C26H42N4O8S2. The molecule has 40 heavy (non-hydrogen) atoms. The normalized spacial score (nSPS) is 19.1. The average molecular weight is 603 g/mol. The van der Waals surface area contributed by atoms with E-state index in [-0.39, 0.29) is 74.2 Å². The maximum Gasteiger partial charge on any atom is 0.245 e. The number of carbonyl (C=O) groups excluding carboxylic acids is 6. The van der Waals surface area contributed by atoms with Crippen LogP contribution in [0.5, 0.6) is 0 Å². The molecule has 2 aliphatic rings. The van der Waals surface area contributed by atoms with Gasteiger partial charge in [-0.05, 0) is 25.7 Å². The summed E-state index contributed by atoms with van der Waals surface area (Å²) in [6.07, 6.45) is 5.26. The molecule has 2 rings (SSSR count). The lowest BCUT2D eigenvalue weighted by Gasteiger charge is -2.14. The van der Waals surface area contributed by atoms with E-state index in [0.29, 0.717) is 26.3 Å². The van der Waals surface area contributed by atoms with Crippen LogP contribution in [0.15, 0.2) is 0 Å². The topological polar surface area (TPSA) is 151 Å². The molecule has 6 amide bonds. The van der Waals surface area contributed by atoms with Crippen molar-refractivity contribution in [1.29, 1.82) is 0 Å². The lowest BCUT2D eigenvalue weighted by molar-refractivity contribution is -0.140. The van der Waals surface area contributed by atoms with E-state index in [0.717, 1.165) is 72.4 Å². The third kappa shape index (κ3) is 11.8. The molecule has 0 saturated carbocycles. The molecular weight excluding hydrogens is 560 g/mol. The Morgan fingerprint density at radius 3 is 1.50 bits per heavy atom. The van der Waals surface area contributed by atoms with Crippen molar-refractivity contribution in [3.63, 3.8) is 0 Å². The largest absolute Gasteiger partial charge is 0.356 e. The molecule has 2 N–H and O–H groups in total. The Morgan fingerprint density at radius 1 is 0.725 bits per heavy atom. The van der Waals surface area contributed by atoms with Gasteiger partial charge in [0.25, 0.3) is 0 Å². The van der Waals surface area contributed by atoms with Gasteiger partial charge in [0.2, 0.25) is 35.4 Å². The molecule has 226 valence electrons. The molecule has 0 aromatic rings. The second kappa shape index (κ2) is 19.1. The van der Waals surface area contributed by atoms with Gasteiger partial charge in [0.15, 0.2) is 0 Å². The lowest BCUT2D eigenvalue weighted by atomic mass is 10.2. The molecule has 12 nitrogen and oxygen atoms in total. The molecule has 2 heterocycles. The number of hydrogen-bond acceptors (Lipinski definition) is 10. The van der Waals surface area contributed by atoms with Crippen LogP contribution in [-0.2, 0) is 37.1 Å². The molecule has 2 unspecified atom stereocenters. The Morgan fingerprint density at radius 2 is 1.12 bits per heavy atom. The van der Waals surface area contributed by atoms with Crippen LogP contribution in [0.4, 0.5) is 0 Å². The van der Waals surface area contributed by atoms with Gasteiger partial charge in [-0.25, -0.2) is 0 Å². The minimum Gasteiger partial charge on any atom is -0.356 e. The van der Waals surface area contributed by atoms with Crippen LogP contribution in [0, 0.1) is 0 Å². The van der Waals surface area contributed by atoms with E-state index >= 15 is 0 Å². The van der Waals surface area contributed by atoms with Gasteiger partial charge in [0, 0.05) is 63.1 Å². The van der Waals surface area contributed by atoms with Crippen molar-refractivity contribution in [2.24, 2.45) is 0 Å². The summed E-state index contributed by atoms with van der Waals surface area (Å²) < 4.78 is 10.6. The first kappa shape index (κ1) is 34.0. The van der Waals surface area contributed by atoms with Crippen LogP contribution < -0.4 is 10.6 Å². The van der Waals surface area contributed by atoms with Gasteiger partial charge in [-0.2, -0.15) is 0 Å². The summed E-state index contributed by atoms with van der Waals surface area (Å²) in [5, 5.41) is 4.55. The average Bonchev–Trinajstić information content (AvgIpc) is 3.35. The fourth-order valence-electron chi connectivity index (χ4n) is 4.02. The number of imide groups is 2. The SMILES string of the molecule is CCCOSC1CC(=O)N(CCC(=O)NCCCCCCNC(=O)CCN2C(=O)CC(SOCCC)C2=O)C1=O. The number of rotatable bonds is 21. The molecule has 2 atom stereocenters. The van der Waals surface area contributed by atoms with E-state index < -0.39 is 10.5 Å². The van der Waals surface area contributed by atoms with Gasteiger partial charge in [0.05, 0.1) is 26.1 Å². The monoisotopic (exact) mass is 602 g/mol. The molecule has 0 spiro atoms. The van der Waals surface area contributed by atoms with Gasteiger partial charge in [0.1, 0.15) is 10.5 Å². The van der Waals surface area contributed by atoms with Crippen LogP contribution in [0.1, 0.15) is 78.1 Å². The maximum atomic E-state index is 12.3. The predicted molar refractivity (Wildman–Crippen MR) is 152 cm³/mol. The van der Waals surface area contributed by atoms with Crippen LogP contribution >= 0.6 is 24.1 Å². The second-order valence-corrected chi connectivity index (χ2v) is 11.6. The Balaban J connectivity index is 1.47. The summed E-state index contributed by atoms with van der Waals surface area (Å²) in [5.41, 5.74) is 0. The number of unbranched alkanes of at least 4 members (excludes halogenated alkanes) is 3. The number of likely N-dealkylation sites (tertiary alicyclic amines) is 2. The number of nitrogens with one attached hydrogen (secondary N) is 2. The molecule has 0 aliphatic carbocycles. The zero-order chi connectivity index (χ0) is 29.3. The van der Waals surface area contributed by atoms with Gasteiger partial charge < -0.3 is 19.0 Å². The molecule has 14 heteroatoms. The fourth-order valence-corrected chi connectivity index (χ4v) is 5.71. The Hall–Kier alpha value is -2.16. The van der Waals surface area contributed by atoms with Crippen molar-refractivity contribution >= 4 is 59.5 Å². The maximum absolute atomic E-state index is 12.3. The summed E-state index contributed by atoms with van der Waals surface area (Å²) in [6.45, 7) is 6.08. The molecule has 0 bridgehead atoms. The first-order valence-corrected chi connectivity index (χ1v) is 15.7. The Labute approximate surface area is 244 Å². The van der Waals surface area contributed by atoms with Crippen LogP contribution in [0.25, 0.3) is 0 Å². The Kier molecular flexibility index (Phi) is 16.2. The summed E-state index contributed by atoms with van der Waals surface area (Å²) in [7, 11) is 0. The van der Waals surface area contributed by atoms with E-state index in [1.54, 1.807) is 0 Å². The third-order valence-electron chi connectivity index (χ3n) is 6.22. The van der Waals surface area contributed by atoms with E-state index in [9.17, 15) is 28.8 Å². The highest BCUT2D eigenvalue weighted by Crippen LogP contribution is 2.27. The highest BCUT2D eigenvalue weighted by molar-refractivity contribution is 7.96. The predicted octanol–water partition coefficient (Wildman–Crippen LogP) is 1.96. The number of hydrogen-bond donors (Lipinski definition) is 2. The van der Waals surface area contributed by atoms with Gasteiger partial charge >= 0.3 is 0 Å². The second-order valence-electron chi connectivity index (χ2n) is 9.60. The van der Waals surface area contributed by atoms with Crippen LogP contribution in [0.3, 0.4) is 0 Å². The van der Waals surface area contributed by atoms with Gasteiger partial charge in [-0.15, -0.1) is 0 Å². The number of nitrogens with zero attached hydrogens (tertiary/aromatic N) is 2. The molecule has 2 fully saturated rings. The fraction of sp³-hybridized carbons (Fsp3) is 0.769. The molecule has 0 aromatic heterocycles. The summed E-state index contributed by atoms with van der Waals surface area (Å²) in [6, 6.07) is 0. The molecule has 0 radical (unpaired) electrons. The lowest BCUT2D eigenvalue weighted by Crippen LogP contribution is -2.36. The van der Waals surface area contributed by atoms with Crippen molar-refractivity contribution in [2.75, 3.05) is 39.4 Å². The third-order valence-corrected chi connectivity index (χ3v) is 8.03. The highest BCUT2D eigenvalue weighted by Gasteiger charge is 2.40. The minimum absolute atomic E-state index is 0.0669. The van der Waals surface area contributed by atoms with E-state index in [4.69, 9.17) is 8.37 Å². The smallest absolute Gasteiger partial charge is 0.245 e. The summed E-state index contributed by atoms with van der Waals surface area (Å²) in [5.74, 6) is -1.57. The van der Waals surface area contributed by atoms with Crippen molar-refractivity contribution in [2.45, 2.75) is 88.6 Å². The number of amides is 6. The van der Waals surface area contributed by atoms with Crippen molar-refractivity contribution in [3.05, 3.63) is 0 Å². The van der Waals surface area contributed by atoms with Crippen molar-refractivity contribution in [3.8, 4) is 0 Å². The van der Waals surface area contributed by atoms with Crippen LogP contribution in [-0.4, -0.2) is 95.1 Å². The van der Waals surface area contributed by atoms with Gasteiger partial charge in [-0.3, -0.25) is 38.6 Å². The highest BCUT2D eigenvalue weighted by atomic mass is 32.2. The summed E-state index contributed by atoms with van der Waals surface area (Å²) in [4.78, 5) is 75.3.